The number of carbonyl (C=O) groups excluding carboxylic acids is 2. The van der Waals surface area contributed by atoms with Crippen molar-refractivity contribution in [3.63, 3.8) is 0 Å². The summed E-state index contributed by atoms with van der Waals surface area (Å²) < 4.78 is 11.1. The minimum absolute atomic E-state index is 0.230. The summed E-state index contributed by atoms with van der Waals surface area (Å²) in [6.07, 6.45) is 2.33. The molecule has 1 aliphatic heterocycles. The maximum atomic E-state index is 13.5. The summed E-state index contributed by atoms with van der Waals surface area (Å²) >= 11 is 0. The van der Waals surface area contributed by atoms with Crippen molar-refractivity contribution in [2.45, 2.75) is 19.0 Å². The molecule has 35 heavy (non-hydrogen) atoms. The molecule has 1 heterocycles. The second-order valence-electron chi connectivity index (χ2n) is 8.08. The van der Waals surface area contributed by atoms with Crippen LogP contribution in [-0.2, 0) is 17.8 Å². The van der Waals surface area contributed by atoms with E-state index in [2.05, 4.69) is 11.5 Å². The second-order valence-corrected chi connectivity index (χ2v) is 8.08. The Morgan fingerprint density at radius 2 is 1.57 bits per heavy atom. The summed E-state index contributed by atoms with van der Waals surface area (Å²) in [5.74, 6) is 0.244. The summed E-state index contributed by atoms with van der Waals surface area (Å²) in [7, 11) is 1.53. The van der Waals surface area contributed by atoms with Crippen molar-refractivity contribution < 1.29 is 19.1 Å². The molecule has 1 N–H and O–H groups in total. The van der Waals surface area contributed by atoms with Gasteiger partial charge in [0.2, 0.25) is 0 Å². The van der Waals surface area contributed by atoms with Crippen LogP contribution in [0.1, 0.15) is 21.5 Å². The van der Waals surface area contributed by atoms with Gasteiger partial charge in [-0.25, -0.2) is 10.0 Å². The number of ether oxygens (including phenoxy) is 2. The fraction of sp³-hybridized carbons (Fsp3) is 0.222. The maximum Gasteiger partial charge on any atom is 0.264 e. The Labute approximate surface area is 204 Å². The van der Waals surface area contributed by atoms with E-state index < -0.39 is 17.9 Å². The summed E-state index contributed by atoms with van der Waals surface area (Å²) in [6.45, 7) is 1.09. The number of rotatable bonds is 8. The molecule has 0 saturated carbocycles. The molecule has 0 aliphatic carbocycles. The Bertz CT molecular complexity index is 1210. The van der Waals surface area contributed by atoms with E-state index >= 15 is 0 Å². The number of benzene rings is 3. The molecule has 178 valence electrons. The topological polar surface area (TPSA) is 94.9 Å². The molecule has 8 heteroatoms. The standard InChI is InChI=1S/C27H26N4O4/c1-30(31(19-28)18-21-10-6-3-7-11-21)27(33)23(16-20-8-4-2-5-9-20)29-26(32)22-12-13-24-25(17-22)35-15-14-34-24/h2-13,17,23H,14-16,18H2,1H3,(H,29,32)/t23-/m0/s1. The molecule has 3 aromatic rings. The van der Waals surface area contributed by atoms with Gasteiger partial charge >= 0.3 is 0 Å². The van der Waals surface area contributed by atoms with Crippen LogP contribution in [0.2, 0.25) is 0 Å². The first-order chi connectivity index (χ1) is 17.0. The highest BCUT2D eigenvalue weighted by atomic mass is 16.6. The van der Waals surface area contributed by atoms with Crippen molar-refractivity contribution in [1.82, 2.24) is 15.3 Å². The van der Waals surface area contributed by atoms with Gasteiger partial charge in [-0.1, -0.05) is 60.7 Å². The third-order valence-corrected chi connectivity index (χ3v) is 5.66. The monoisotopic (exact) mass is 470 g/mol. The van der Waals surface area contributed by atoms with Crippen LogP contribution in [0, 0.1) is 11.5 Å². The van der Waals surface area contributed by atoms with Gasteiger partial charge in [0.15, 0.2) is 17.7 Å². The molecule has 0 fully saturated rings. The summed E-state index contributed by atoms with van der Waals surface area (Å²) in [4.78, 5) is 26.6. The molecule has 0 unspecified atom stereocenters. The van der Waals surface area contributed by atoms with Gasteiger partial charge in [0, 0.05) is 19.0 Å². The maximum absolute atomic E-state index is 13.5. The van der Waals surface area contributed by atoms with Crippen LogP contribution in [0.4, 0.5) is 0 Å². The fourth-order valence-electron chi connectivity index (χ4n) is 3.79. The Morgan fingerprint density at radius 3 is 2.23 bits per heavy atom. The SMILES string of the molecule is CN(C(=O)[C@H](Cc1ccccc1)NC(=O)c1ccc2c(c1)OCCO2)N(C#N)Cc1ccccc1. The molecule has 1 atom stereocenters. The lowest BCUT2D eigenvalue weighted by molar-refractivity contribution is -0.143. The Balaban J connectivity index is 1.54. The lowest BCUT2D eigenvalue weighted by Gasteiger charge is -2.30. The fourth-order valence-corrected chi connectivity index (χ4v) is 3.79. The first kappa shape index (κ1) is 23.6. The third kappa shape index (κ3) is 5.89. The predicted octanol–water partition coefficient (Wildman–Crippen LogP) is 3.16. The molecule has 0 saturated heterocycles. The van der Waals surface area contributed by atoms with Gasteiger partial charge in [0.05, 0.1) is 6.54 Å². The molecular weight excluding hydrogens is 444 g/mol. The minimum atomic E-state index is -0.894. The molecule has 0 radical (unpaired) electrons. The Morgan fingerprint density at radius 1 is 0.943 bits per heavy atom. The number of hydrogen-bond donors (Lipinski definition) is 1. The van der Waals surface area contributed by atoms with E-state index in [9.17, 15) is 14.9 Å². The molecule has 0 aromatic heterocycles. The zero-order valence-corrected chi connectivity index (χ0v) is 19.4. The van der Waals surface area contributed by atoms with Gasteiger partial charge in [-0.15, -0.1) is 0 Å². The average Bonchev–Trinajstić information content (AvgIpc) is 2.91. The number of nitrogens with one attached hydrogen (secondary N) is 1. The van der Waals surface area contributed by atoms with Gasteiger partial charge in [0.25, 0.3) is 11.8 Å². The molecule has 4 rings (SSSR count). The number of hydrazine groups is 1. The van der Waals surface area contributed by atoms with Crippen molar-refractivity contribution in [1.29, 1.82) is 5.26 Å². The van der Waals surface area contributed by atoms with E-state index in [0.29, 0.717) is 30.3 Å². The first-order valence-electron chi connectivity index (χ1n) is 11.3. The smallest absolute Gasteiger partial charge is 0.264 e. The van der Waals surface area contributed by atoms with Gasteiger partial charge < -0.3 is 14.8 Å². The van der Waals surface area contributed by atoms with Crippen molar-refractivity contribution in [3.8, 4) is 17.7 Å². The largest absolute Gasteiger partial charge is 0.486 e. The number of likely N-dealkylation sites (N-methyl/N-ethyl adjacent to an activating group) is 1. The van der Waals surface area contributed by atoms with Crippen molar-refractivity contribution in [3.05, 3.63) is 95.6 Å². The minimum Gasteiger partial charge on any atom is -0.486 e. The van der Waals surface area contributed by atoms with Gasteiger partial charge in [-0.3, -0.25) is 9.59 Å². The molecule has 2 amide bonds. The lowest BCUT2D eigenvalue weighted by Crippen LogP contribution is -2.52. The van der Waals surface area contributed by atoms with E-state index in [4.69, 9.17) is 9.47 Å². The Hall–Kier alpha value is -4.51. The average molecular weight is 471 g/mol. The molecular formula is C27H26N4O4. The van der Waals surface area contributed by atoms with Crippen LogP contribution >= 0.6 is 0 Å². The second kappa shape index (κ2) is 11.1. The summed E-state index contributed by atoms with van der Waals surface area (Å²) in [5, 5.41) is 15.1. The van der Waals surface area contributed by atoms with E-state index in [0.717, 1.165) is 11.1 Å². The highest BCUT2D eigenvalue weighted by Crippen LogP contribution is 2.30. The van der Waals surface area contributed by atoms with Gasteiger partial charge in [0.1, 0.15) is 19.3 Å². The van der Waals surface area contributed by atoms with Crippen LogP contribution in [0.3, 0.4) is 0 Å². The number of carbonyl (C=O) groups is 2. The van der Waals surface area contributed by atoms with Crippen LogP contribution in [-0.4, -0.2) is 48.1 Å². The van der Waals surface area contributed by atoms with Crippen LogP contribution in [0.25, 0.3) is 0 Å². The number of hydrogen-bond acceptors (Lipinski definition) is 6. The quantitative estimate of drug-likeness (QED) is 0.309. The highest BCUT2D eigenvalue weighted by molar-refractivity contribution is 5.98. The molecule has 0 bridgehead atoms. The van der Waals surface area contributed by atoms with Crippen LogP contribution < -0.4 is 14.8 Å². The van der Waals surface area contributed by atoms with Gasteiger partial charge in [-0.2, -0.15) is 5.26 Å². The Kier molecular flexibility index (Phi) is 7.48. The zero-order valence-electron chi connectivity index (χ0n) is 19.4. The molecule has 1 aliphatic rings. The van der Waals surface area contributed by atoms with Crippen molar-refractivity contribution in [2.24, 2.45) is 0 Å². The number of nitrogens with zero attached hydrogens (tertiary/aromatic N) is 3. The number of nitriles is 1. The normalized spacial score (nSPS) is 12.7. The number of amides is 2. The van der Waals surface area contributed by atoms with Gasteiger partial charge in [-0.05, 0) is 29.3 Å². The van der Waals surface area contributed by atoms with Crippen LogP contribution in [0.5, 0.6) is 11.5 Å². The first-order valence-corrected chi connectivity index (χ1v) is 11.3. The highest BCUT2D eigenvalue weighted by Gasteiger charge is 2.28. The van der Waals surface area contributed by atoms with E-state index in [-0.39, 0.29) is 13.0 Å². The molecule has 3 aromatic carbocycles. The van der Waals surface area contributed by atoms with E-state index in [1.54, 1.807) is 18.2 Å². The zero-order chi connectivity index (χ0) is 24.6. The summed E-state index contributed by atoms with van der Waals surface area (Å²) in [5.41, 5.74) is 2.12. The molecule has 8 nitrogen and oxygen atoms in total. The van der Waals surface area contributed by atoms with E-state index in [1.807, 2.05) is 60.7 Å². The lowest BCUT2D eigenvalue weighted by atomic mass is 10.0. The third-order valence-electron chi connectivity index (χ3n) is 5.66. The van der Waals surface area contributed by atoms with Crippen molar-refractivity contribution >= 4 is 11.8 Å². The number of fused-ring (bicyclic) bond motifs is 1. The van der Waals surface area contributed by atoms with E-state index in [1.165, 1.54) is 17.1 Å². The predicted molar refractivity (Wildman–Crippen MR) is 129 cm³/mol. The summed E-state index contributed by atoms with van der Waals surface area (Å²) in [6, 6.07) is 22.8. The van der Waals surface area contributed by atoms with Crippen LogP contribution in [0.15, 0.2) is 78.9 Å². The van der Waals surface area contributed by atoms with Crippen molar-refractivity contribution in [2.75, 3.05) is 20.3 Å². The molecule has 0 spiro atoms.